The normalized spacial score (nSPS) is 11.5. The SMILES string of the molecule is CCNCc1cncc(-c2cc3c(-c4cc5cccnc5[nH]4)n[nH]c3cn2)c1. The number of hydrogen-bond acceptors (Lipinski definition) is 5. The molecule has 28 heavy (non-hydrogen) atoms. The van der Waals surface area contributed by atoms with Gasteiger partial charge < -0.3 is 10.3 Å². The first-order valence-corrected chi connectivity index (χ1v) is 9.25. The molecule has 5 aromatic rings. The summed E-state index contributed by atoms with van der Waals surface area (Å²) in [6.45, 7) is 3.80. The third-order valence-electron chi connectivity index (χ3n) is 4.76. The van der Waals surface area contributed by atoms with Crippen LogP contribution in [0.4, 0.5) is 0 Å². The highest BCUT2D eigenvalue weighted by molar-refractivity contribution is 5.96. The fraction of sp³-hybridized carbons (Fsp3) is 0.143. The van der Waals surface area contributed by atoms with Crippen LogP contribution in [-0.4, -0.2) is 36.7 Å². The summed E-state index contributed by atoms with van der Waals surface area (Å²) in [4.78, 5) is 16.7. The van der Waals surface area contributed by atoms with Crippen LogP contribution >= 0.6 is 0 Å². The lowest BCUT2D eigenvalue weighted by molar-refractivity contribution is 0.724. The van der Waals surface area contributed by atoms with Crippen molar-refractivity contribution in [3.63, 3.8) is 0 Å². The Kier molecular flexibility index (Phi) is 4.06. The minimum absolute atomic E-state index is 0.790. The number of H-pyrrole nitrogens is 2. The van der Waals surface area contributed by atoms with E-state index in [1.165, 1.54) is 0 Å². The first kappa shape index (κ1) is 16.6. The first-order valence-electron chi connectivity index (χ1n) is 9.25. The van der Waals surface area contributed by atoms with Crippen molar-refractivity contribution in [2.75, 3.05) is 6.54 Å². The van der Waals surface area contributed by atoms with E-state index in [4.69, 9.17) is 0 Å². The number of pyridine rings is 3. The van der Waals surface area contributed by atoms with Crippen molar-refractivity contribution >= 4 is 21.9 Å². The molecule has 5 aromatic heterocycles. The van der Waals surface area contributed by atoms with E-state index in [2.05, 4.69) is 60.6 Å². The highest BCUT2D eigenvalue weighted by Gasteiger charge is 2.13. The summed E-state index contributed by atoms with van der Waals surface area (Å²) in [5.41, 5.74) is 6.52. The Morgan fingerprint density at radius 1 is 1.07 bits per heavy atom. The van der Waals surface area contributed by atoms with Crippen LogP contribution in [0.3, 0.4) is 0 Å². The van der Waals surface area contributed by atoms with Gasteiger partial charge in [-0.15, -0.1) is 0 Å². The Balaban J connectivity index is 1.58. The summed E-state index contributed by atoms with van der Waals surface area (Å²) in [5, 5.41) is 13.0. The molecule has 0 amide bonds. The summed E-state index contributed by atoms with van der Waals surface area (Å²) in [6.07, 6.45) is 7.32. The number of fused-ring (bicyclic) bond motifs is 2. The zero-order valence-corrected chi connectivity index (χ0v) is 15.4. The molecule has 138 valence electrons. The third-order valence-corrected chi connectivity index (χ3v) is 4.76. The molecule has 0 aliphatic rings. The van der Waals surface area contributed by atoms with E-state index in [1.807, 2.05) is 30.7 Å². The predicted molar refractivity (Wildman–Crippen MR) is 110 cm³/mol. The maximum atomic E-state index is 4.59. The fourth-order valence-corrected chi connectivity index (χ4v) is 3.36. The summed E-state index contributed by atoms with van der Waals surface area (Å²) in [6, 6.07) is 10.2. The Morgan fingerprint density at radius 2 is 2.04 bits per heavy atom. The summed E-state index contributed by atoms with van der Waals surface area (Å²) < 4.78 is 0. The number of nitrogens with one attached hydrogen (secondary N) is 3. The highest BCUT2D eigenvalue weighted by Crippen LogP contribution is 2.30. The zero-order chi connectivity index (χ0) is 18.9. The van der Waals surface area contributed by atoms with Crippen molar-refractivity contribution in [3.05, 3.63) is 60.7 Å². The summed E-state index contributed by atoms with van der Waals surface area (Å²) >= 11 is 0. The van der Waals surface area contributed by atoms with E-state index in [1.54, 1.807) is 6.20 Å². The minimum atomic E-state index is 0.790. The van der Waals surface area contributed by atoms with Gasteiger partial charge in [-0.1, -0.05) is 6.92 Å². The zero-order valence-electron chi connectivity index (χ0n) is 15.4. The summed E-state index contributed by atoms with van der Waals surface area (Å²) in [5.74, 6) is 0. The van der Waals surface area contributed by atoms with Gasteiger partial charge in [0.05, 0.1) is 23.1 Å². The molecule has 0 unspecified atom stereocenters. The lowest BCUT2D eigenvalue weighted by atomic mass is 10.1. The molecule has 0 radical (unpaired) electrons. The average Bonchev–Trinajstić information content (AvgIpc) is 3.35. The van der Waals surface area contributed by atoms with Gasteiger partial charge in [0, 0.05) is 41.5 Å². The molecule has 0 bridgehead atoms. The highest BCUT2D eigenvalue weighted by atomic mass is 15.1. The molecule has 5 rings (SSSR count). The van der Waals surface area contributed by atoms with Crippen LogP contribution in [0.5, 0.6) is 0 Å². The van der Waals surface area contributed by atoms with Gasteiger partial charge >= 0.3 is 0 Å². The molecule has 0 atom stereocenters. The predicted octanol–water partition coefficient (Wildman–Crippen LogP) is 3.67. The molecule has 0 fully saturated rings. The van der Waals surface area contributed by atoms with Gasteiger partial charge in [-0.2, -0.15) is 5.10 Å². The van der Waals surface area contributed by atoms with Gasteiger partial charge in [0.15, 0.2) is 0 Å². The van der Waals surface area contributed by atoms with Gasteiger partial charge in [-0.3, -0.25) is 15.1 Å². The van der Waals surface area contributed by atoms with Crippen LogP contribution in [0.2, 0.25) is 0 Å². The Bertz CT molecular complexity index is 1240. The molecular formula is C21H19N7. The molecule has 7 nitrogen and oxygen atoms in total. The molecule has 0 aromatic carbocycles. The molecule has 3 N–H and O–H groups in total. The van der Waals surface area contributed by atoms with E-state index in [9.17, 15) is 0 Å². The molecule has 0 aliphatic carbocycles. The monoisotopic (exact) mass is 369 g/mol. The van der Waals surface area contributed by atoms with Crippen molar-refractivity contribution in [2.24, 2.45) is 0 Å². The van der Waals surface area contributed by atoms with Crippen molar-refractivity contribution in [1.29, 1.82) is 0 Å². The number of hydrogen-bond donors (Lipinski definition) is 3. The molecule has 0 spiro atoms. The van der Waals surface area contributed by atoms with E-state index >= 15 is 0 Å². The molecule has 5 heterocycles. The molecular weight excluding hydrogens is 350 g/mol. The number of rotatable bonds is 5. The lowest BCUT2D eigenvalue weighted by Crippen LogP contribution is -2.11. The van der Waals surface area contributed by atoms with Crippen LogP contribution in [0.1, 0.15) is 12.5 Å². The molecule has 7 heteroatoms. The second-order valence-electron chi connectivity index (χ2n) is 6.67. The van der Waals surface area contributed by atoms with Crippen LogP contribution in [0.15, 0.2) is 55.1 Å². The van der Waals surface area contributed by atoms with Crippen molar-refractivity contribution in [3.8, 4) is 22.6 Å². The van der Waals surface area contributed by atoms with Crippen molar-refractivity contribution < 1.29 is 0 Å². The Morgan fingerprint density at radius 3 is 2.93 bits per heavy atom. The van der Waals surface area contributed by atoms with Crippen LogP contribution in [0.25, 0.3) is 44.6 Å². The van der Waals surface area contributed by atoms with E-state index in [0.717, 1.165) is 63.2 Å². The standard InChI is InChI=1S/C21H19N7/c1-2-22-9-13-6-15(11-23-10-13)17-8-16-19(12-25-17)27-28-20(16)18-7-14-4-3-5-24-21(14)26-18/h3-8,10-12,22H,2,9H2,1H3,(H,24,26)(H,27,28). The molecule has 0 aliphatic heterocycles. The lowest BCUT2D eigenvalue weighted by Gasteiger charge is -2.05. The maximum absolute atomic E-state index is 4.59. The topological polar surface area (TPSA) is 95.2 Å². The fourth-order valence-electron chi connectivity index (χ4n) is 3.36. The van der Waals surface area contributed by atoms with Gasteiger partial charge in [-0.05, 0) is 42.4 Å². The van der Waals surface area contributed by atoms with Gasteiger partial charge in [0.1, 0.15) is 11.3 Å². The van der Waals surface area contributed by atoms with Gasteiger partial charge in [-0.25, -0.2) is 4.98 Å². The number of aromatic amines is 2. The quantitative estimate of drug-likeness (QED) is 0.439. The van der Waals surface area contributed by atoms with Crippen molar-refractivity contribution in [1.82, 2.24) is 35.5 Å². The van der Waals surface area contributed by atoms with Crippen LogP contribution < -0.4 is 5.32 Å². The first-order chi connectivity index (χ1) is 13.8. The van der Waals surface area contributed by atoms with E-state index in [-0.39, 0.29) is 0 Å². The van der Waals surface area contributed by atoms with E-state index in [0.29, 0.717) is 0 Å². The van der Waals surface area contributed by atoms with Gasteiger partial charge in [0.25, 0.3) is 0 Å². The van der Waals surface area contributed by atoms with Crippen molar-refractivity contribution in [2.45, 2.75) is 13.5 Å². The van der Waals surface area contributed by atoms with Crippen LogP contribution in [-0.2, 0) is 6.54 Å². The third kappa shape index (κ3) is 2.91. The van der Waals surface area contributed by atoms with Gasteiger partial charge in [0.2, 0.25) is 0 Å². The maximum Gasteiger partial charge on any atom is 0.137 e. The minimum Gasteiger partial charge on any atom is -0.338 e. The average molecular weight is 369 g/mol. The molecule has 0 saturated heterocycles. The second kappa shape index (κ2) is 6.86. The van der Waals surface area contributed by atoms with E-state index < -0.39 is 0 Å². The Hall–Kier alpha value is -3.58. The largest absolute Gasteiger partial charge is 0.338 e. The van der Waals surface area contributed by atoms with Crippen LogP contribution in [0, 0.1) is 0 Å². The smallest absolute Gasteiger partial charge is 0.137 e. The summed E-state index contributed by atoms with van der Waals surface area (Å²) in [7, 11) is 0. The second-order valence-corrected chi connectivity index (χ2v) is 6.67. The number of aromatic nitrogens is 6. The Labute approximate surface area is 161 Å². The number of nitrogens with zero attached hydrogens (tertiary/aromatic N) is 4. The molecule has 0 saturated carbocycles.